The fourth-order valence-electron chi connectivity index (χ4n) is 4.75. The van der Waals surface area contributed by atoms with E-state index in [-0.39, 0.29) is 5.91 Å². The van der Waals surface area contributed by atoms with Gasteiger partial charge in [0.2, 0.25) is 0 Å². The summed E-state index contributed by atoms with van der Waals surface area (Å²) in [5.74, 6) is 0.579. The van der Waals surface area contributed by atoms with E-state index >= 15 is 0 Å². The van der Waals surface area contributed by atoms with Gasteiger partial charge in [0.05, 0.1) is 5.51 Å². The average Bonchev–Trinajstić information content (AvgIpc) is 3.29. The number of hydrogen-bond acceptors (Lipinski definition) is 5. The quantitative estimate of drug-likeness (QED) is 0.731. The van der Waals surface area contributed by atoms with Crippen LogP contribution in [0, 0.1) is 5.92 Å². The third-order valence-corrected chi connectivity index (χ3v) is 6.74. The van der Waals surface area contributed by atoms with E-state index in [1.165, 1.54) is 62.8 Å². The molecule has 150 valence electrons. The van der Waals surface area contributed by atoms with Crippen LogP contribution in [-0.2, 0) is 6.54 Å². The molecular weight excluding hydrogens is 368 g/mol. The molecule has 1 saturated heterocycles. The van der Waals surface area contributed by atoms with Crippen LogP contribution >= 0.6 is 11.3 Å². The van der Waals surface area contributed by atoms with E-state index in [1.807, 2.05) is 28.6 Å². The number of piperidine rings is 1. The van der Waals surface area contributed by atoms with E-state index in [0.717, 1.165) is 24.7 Å². The van der Waals surface area contributed by atoms with Gasteiger partial charge >= 0.3 is 0 Å². The number of rotatable bonds is 6. The fourth-order valence-corrected chi connectivity index (χ4v) is 5.27. The fraction of sp³-hybridized carbons (Fsp3) is 0.591. The lowest BCUT2D eigenvalue weighted by atomic mass is 9.90. The molecule has 1 aliphatic heterocycles. The van der Waals surface area contributed by atoms with Gasteiger partial charge in [0.15, 0.2) is 0 Å². The van der Waals surface area contributed by atoms with Gasteiger partial charge in [-0.25, -0.2) is 4.98 Å². The van der Waals surface area contributed by atoms with Crippen molar-refractivity contribution < 1.29 is 4.79 Å². The maximum atomic E-state index is 13.1. The Morgan fingerprint density at radius 3 is 2.86 bits per heavy atom. The van der Waals surface area contributed by atoms with E-state index < -0.39 is 0 Å². The molecule has 0 N–H and O–H groups in total. The van der Waals surface area contributed by atoms with Gasteiger partial charge in [-0.05, 0) is 49.8 Å². The van der Waals surface area contributed by atoms with E-state index in [2.05, 4.69) is 14.9 Å². The van der Waals surface area contributed by atoms with Crippen molar-refractivity contribution in [3.05, 3.63) is 46.7 Å². The summed E-state index contributed by atoms with van der Waals surface area (Å²) in [7, 11) is 0. The Morgan fingerprint density at radius 2 is 2.11 bits per heavy atom. The van der Waals surface area contributed by atoms with Gasteiger partial charge in [-0.2, -0.15) is 0 Å². The van der Waals surface area contributed by atoms with Crippen LogP contribution in [0.25, 0.3) is 0 Å². The first-order valence-corrected chi connectivity index (χ1v) is 11.5. The van der Waals surface area contributed by atoms with Gasteiger partial charge in [0.25, 0.3) is 5.91 Å². The van der Waals surface area contributed by atoms with E-state index in [1.54, 1.807) is 11.7 Å². The van der Waals surface area contributed by atoms with Crippen LogP contribution in [-0.4, -0.2) is 51.4 Å². The third kappa shape index (κ3) is 4.97. The summed E-state index contributed by atoms with van der Waals surface area (Å²) in [5, 5.41) is 1.85. The number of likely N-dealkylation sites (tertiary alicyclic amines) is 1. The molecule has 0 bridgehead atoms. The molecule has 4 rings (SSSR count). The molecule has 1 aliphatic carbocycles. The summed E-state index contributed by atoms with van der Waals surface area (Å²) < 4.78 is 0. The van der Waals surface area contributed by atoms with Crippen LogP contribution in [0.1, 0.15) is 61.0 Å². The van der Waals surface area contributed by atoms with Crippen molar-refractivity contribution in [2.24, 2.45) is 5.92 Å². The lowest BCUT2D eigenvalue weighted by Crippen LogP contribution is -2.47. The minimum Gasteiger partial charge on any atom is -0.333 e. The van der Waals surface area contributed by atoms with Gasteiger partial charge in [-0.3, -0.25) is 9.78 Å². The maximum Gasteiger partial charge on any atom is 0.273 e. The number of pyridine rings is 1. The SMILES string of the molecule is O=C(c1cscn1)N(Cc1cccnc1)CC1CCCN(C2CCCCC2)C1. The van der Waals surface area contributed by atoms with Crippen molar-refractivity contribution in [2.75, 3.05) is 19.6 Å². The van der Waals surface area contributed by atoms with Gasteiger partial charge in [-0.1, -0.05) is 25.3 Å². The molecule has 2 aromatic heterocycles. The first-order valence-electron chi connectivity index (χ1n) is 10.6. The summed E-state index contributed by atoms with van der Waals surface area (Å²) in [6, 6.07) is 4.74. The minimum atomic E-state index is 0.0416. The maximum absolute atomic E-state index is 13.1. The predicted molar refractivity (Wildman–Crippen MR) is 112 cm³/mol. The van der Waals surface area contributed by atoms with E-state index in [9.17, 15) is 4.79 Å². The van der Waals surface area contributed by atoms with Crippen molar-refractivity contribution in [3.8, 4) is 0 Å². The second kappa shape index (κ2) is 9.61. The average molecular weight is 399 g/mol. The van der Waals surface area contributed by atoms with Crippen molar-refractivity contribution in [1.82, 2.24) is 19.8 Å². The van der Waals surface area contributed by atoms with Crippen LogP contribution in [0.5, 0.6) is 0 Å². The molecule has 1 saturated carbocycles. The number of nitrogens with zero attached hydrogens (tertiary/aromatic N) is 4. The number of aromatic nitrogens is 2. The first kappa shape index (κ1) is 19.5. The molecule has 1 unspecified atom stereocenters. The van der Waals surface area contributed by atoms with Crippen molar-refractivity contribution >= 4 is 17.2 Å². The Balaban J connectivity index is 1.44. The molecule has 2 fully saturated rings. The smallest absolute Gasteiger partial charge is 0.273 e. The Labute approximate surface area is 171 Å². The zero-order valence-electron chi connectivity index (χ0n) is 16.5. The molecule has 2 aliphatic rings. The Bertz CT molecular complexity index is 730. The van der Waals surface area contributed by atoms with Crippen LogP contribution in [0.4, 0.5) is 0 Å². The Hall–Kier alpha value is -1.79. The molecule has 6 heteroatoms. The summed E-state index contributed by atoms with van der Waals surface area (Å²) in [4.78, 5) is 26.3. The van der Waals surface area contributed by atoms with Gasteiger partial charge in [0, 0.05) is 43.4 Å². The van der Waals surface area contributed by atoms with Crippen molar-refractivity contribution in [3.63, 3.8) is 0 Å². The highest BCUT2D eigenvalue weighted by molar-refractivity contribution is 7.07. The number of carbonyl (C=O) groups is 1. The van der Waals surface area contributed by atoms with Gasteiger partial charge in [0.1, 0.15) is 5.69 Å². The highest BCUT2D eigenvalue weighted by Crippen LogP contribution is 2.28. The monoisotopic (exact) mass is 398 g/mol. The molecule has 0 aromatic carbocycles. The Kier molecular flexibility index (Phi) is 6.70. The van der Waals surface area contributed by atoms with Crippen LogP contribution < -0.4 is 0 Å². The molecule has 0 spiro atoms. The van der Waals surface area contributed by atoms with Crippen LogP contribution in [0.3, 0.4) is 0 Å². The molecule has 5 nitrogen and oxygen atoms in total. The molecular formula is C22H30N4OS. The van der Waals surface area contributed by atoms with Crippen LogP contribution in [0.2, 0.25) is 0 Å². The number of hydrogen-bond donors (Lipinski definition) is 0. The van der Waals surface area contributed by atoms with Crippen molar-refractivity contribution in [2.45, 2.75) is 57.5 Å². The lowest BCUT2D eigenvalue weighted by molar-refractivity contribution is 0.0579. The summed E-state index contributed by atoms with van der Waals surface area (Å²) in [6.45, 7) is 3.75. The predicted octanol–water partition coefficient (Wildman–Crippen LogP) is 4.23. The molecule has 28 heavy (non-hydrogen) atoms. The van der Waals surface area contributed by atoms with Gasteiger partial charge in [-0.15, -0.1) is 11.3 Å². The number of carbonyl (C=O) groups excluding carboxylic acids is 1. The highest BCUT2D eigenvalue weighted by Gasteiger charge is 2.29. The Morgan fingerprint density at radius 1 is 1.21 bits per heavy atom. The topological polar surface area (TPSA) is 49.3 Å². The second-order valence-electron chi connectivity index (χ2n) is 8.22. The normalized spacial score (nSPS) is 21.5. The van der Waals surface area contributed by atoms with E-state index in [4.69, 9.17) is 0 Å². The largest absolute Gasteiger partial charge is 0.333 e. The van der Waals surface area contributed by atoms with Crippen molar-refractivity contribution in [1.29, 1.82) is 0 Å². The molecule has 3 heterocycles. The number of amides is 1. The molecule has 1 atom stereocenters. The standard InChI is InChI=1S/C22H30N4OS/c27-22(21-16-28-17-24-21)26(13-18-6-4-10-23-12-18)15-19-7-5-11-25(14-19)20-8-2-1-3-9-20/h4,6,10,12,16-17,19-20H,1-3,5,7-9,11,13-15H2. The molecule has 0 radical (unpaired) electrons. The zero-order chi connectivity index (χ0) is 19.2. The van der Waals surface area contributed by atoms with E-state index in [0.29, 0.717) is 18.2 Å². The summed E-state index contributed by atoms with van der Waals surface area (Å²) >= 11 is 1.48. The summed E-state index contributed by atoms with van der Waals surface area (Å²) in [6.07, 6.45) is 12.9. The highest BCUT2D eigenvalue weighted by atomic mass is 32.1. The van der Waals surface area contributed by atoms with Crippen LogP contribution in [0.15, 0.2) is 35.4 Å². The molecule has 1 amide bonds. The summed E-state index contributed by atoms with van der Waals surface area (Å²) in [5.41, 5.74) is 3.38. The van der Waals surface area contributed by atoms with Gasteiger partial charge < -0.3 is 9.80 Å². The lowest BCUT2D eigenvalue weighted by Gasteiger charge is -2.41. The number of thiazole rings is 1. The second-order valence-corrected chi connectivity index (χ2v) is 8.93. The zero-order valence-corrected chi connectivity index (χ0v) is 17.3. The third-order valence-electron chi connectivity index (χ3n) is 6.15. The minimum absolute atomic E-state index is 0.0416. The first-order chi connectivity index (χ1) is 13.8. The molecule has 2 aromatic rings.